The highest BCUT2D eigenvalue weighted by Crippen LogP contribution is 2.34. The van der Waals surface area contributed by atoms with E-state index in [4.69, 9.17) is 35.1 Å². The van der Waals surface area contributed by atoms with Gasteiger partial charge in [-0.25, -0.2) is 29.9 Å². The maximum absolute atomic E-state index is 11.5. The molecule has 5 aromatic heterocycles. The predicted molar refractivity (Wildman–Crippen MR) is 262 cm³/mol. The Morgan fingerprint density at radius 1 is 0.699 bits per heavy atom. The number of hydrogen-bond acceptors (Lipinski definition) is 23. The van der Waals surface area contributed by atoms with Crippen LogP contribution in [-0.2, 0) is 41.7 Å². The van der Waals surface area contributed by atoms with Crippen LogP contribution in [0.5, 0.6) is 0 Å². The van der Waals surface area contributed by atoms with Crippen molar-refractivity contribution in [2.45, 2.75) is 43.7 Å². The highest BCUT2D eigenvalue weighted by atomic mass is 31.0. The van der Waals surface area contributed by atoms with Gasteiger partial charge in [-0.2, -0.15) is 0 Å². The Kier molecular flexibility index (Phi) is 22.4. The number of nitrogens with two attached hydrogens (primary N) is 1. The van der Waals surface area contributed by atoms with Gasteiger partial charge in [0.05, 0.1) is 73.3 Å². The van der Waals surface area contributed by atoms with Crippen molar-refractivity contribution in [2.24, 2.45) is 0 Å². The molecule has 1 aliphatic heterocycles. The summed E-state index contributed by atoms with van der Waals surface area (Å²) in [5.74, 6) is -4.82. The van der Waals surface area contributed by atoms with E-state index in [9.17, 15) is 60.0 Å². The molecular weight excluding hydrogens is 1000 g/mol. The molecule has 0 amide bonds. The number of carboxylic acids is 4. The number of fused-ring (bicyclic) bond motifs is 1. The minimum Gasteiger partial charge on any atom is -0.480 e. The van der Waals surface area contributed by atoms with E-state index in [1.807, 2.05) is 0 Å². The zero-order valence-electron chi connectivity index (χ0n) is 38.5. The first kappa shape index (κ1) is 58.7. The number of benzene rings is 1. The Balaban J connectivity index is 0.00000186. The highest BCUT2D eigenvalue weighted by molar-refractivity contribution is 7.08. The fourth-order valence-corrected chi connectivity index (χ4v) is 7.26. The van der Waals surface area contributed by atoms with Gasteiger partial charge in [-0.1, -0.05) is 24.3 Å². The summed E-state index contributed by atoms with van der Waals surface area (Å²) in [7, 11) is 3.83. The lowest BCUT2D eigenvalue weighted by atomic mass is 10.0. The Bertz CT molecular complexity index is 2660. The first-order chi connectivity index (χ1) is 34.9. The van der Waals surface area contributed by atoms with Crippen LogP contribution in [0.2, 0.25) is 0 Å². The van der Waals surface area contributed by atoms with Gasteiger partial charge in [0.25, 0.3) is 0 Å². The maximum atomic E-state index is 11.5. The fraction of sp³-hybridized carbons (Fsp3) is 0.302. The Morgan fingerprint density at radius 3 is 1.67 bits per heavy atom. The monoisotopic (exact) mass is 1060 g/mol. The minimum atomic E-state index is -3.00. The molecule has 6 unspecified atom stereocenters. The molecule has 0 spiro atoms. The quantitative estimate of drug-likeness (QED) is 0.0304. The lowest BCUT2D eigenvalue weighted by Crippen LogP contribution is -2.44. The van der Waals surface area contributed by atoms with E-state index in [1.54, 1.807) is 60.7 Å². The van der Waals surface area contributed by atoms with Gasteiger partial charge in [0, 0.05) is 25.9 Å². The third-order valence-corrected chi connectivity index (χ3v) is 10.1. The molecule has 0 saturated carbocycles. The predicted octanol–water partition coefficient (Wildman–Crippen LogP) is -0.973. The molecule has 6 atom stereocenters. The lowest BCUT2D eigenvalue weighted by Gasteiger charge is -2.26. The Labute approximate surface area is 418 Å². The first-order valence-corrected chi connectivity index (χ1v) is 22.1. The number of nitrogens with one attached hydrogen (secondary N) is 1. The topological polar surface area (TPSA) is 436 Å². The molecule has 1 fully saturated rings. The van der Waals surface area contributed by atoms with Crippen molar-refractivity contribution >= 4 is 65.5 Å². The smallest absolute Gasteiger partial charge is 0.369 e. The van der Waals surface area contributed by atoms with Crippen molar-refractivity contribution in [3.8, 4) is 33.9 Å². The Hall–Kier alpha value is -6.88. The SMILES string of the molecule is CO.Nc1ncnc2c1ncn2C1OC(COC(O)(O)Nc2ccc(-c3cc(-c4cccc(CN(CC(=O)O)CC(=O)O)n4)nc(-c4cccc(CN(CC(=O)O)CC(=O)O)n4)c3)cc2)C(O)C1O.OP.OP. The second kappa shape index (κ2) is 27.8. The number of pyridine rings is 3. The molecule has 0 aliphatic carbocycles. The molecule has 73 heavy (non-hydrogen) atoms. The van der Waals surface area contributed by atoms with Crippen molar-refractivity contribution in [1.82, 2.24) is 44.3 Å². The number of anilines is 2. The standard InChI is InChI=1S/C42H43N11O14.CH4O.2H3OP/c43-39-36-40(45-20-44-39)53(21-46-36)41-38(63)37(62)31(67-41)19-66-42(64,65)50-24-9-7-22(8-10-24)23-11-29(27-5-1-3-25(47-27)13-51(15-32(54)55)16-33(56)57)49-30(12-23)28-6-2-4-26(48-28)14-52(17-34(58)59)18-35(60)61;3*1-2/h1-12,20-21,31,37-38,41,50,62-65H,13-19H2,(H,54,55)(H,56,57)(H,58,59)(H,60,61)(H2,43,44,45);2H,1H3;2*1H,2H2. The second-order valence-electron chi connectivity index (χ2n) is 15.3. The van der Waals surface area contributed by atoms with E-state index in [-0.39, 0.29) is 35.8 Å². The number of imidazole rings is 1. The van der Waals surface area contributed by atoms with E-state index in [2.05, 4.69) is 30.2 Å². The molecule has 0 radical (unpaired) electrons. The molecule has 1 aliphatic rings. The van der Waals surface area contributed by atoms with Crippen molar-refractivity contribution in [3.05, 3.63) is 96.8 Å². The van der Waals surface area contributed by atoms with Gasteiger partial charge in [-0.15, -0.1) is 0 Å². The van der Waals surface area contributed by atoms with Crippen LogP contribution in [0.4, 0.5) is 11.5 Å². The van der Waals surface area contributed by atoms with Crippen molar-refractivity contribution in [1.29, 1.82) is 0 Å². The molecular formula is C43H53N11O17P2. The third-order valence-electron chi connectivity index (χ3n) is 10.1. The van der Waals surface area contributed by atoms with E-state index >= 15 is 0 Å². The van der Waals surface area contributed by atoms with E-state index < -0.39 is 87.3 Å². The molecule has 7 rings (SSSR count). The number of carboxylic acid groups (broad SMARTS) is 4. The summed E-state index contributed by atoms with van der Waals surface area (Å²) in [6, 6.07) is 19.5. The van der Waals surface area contributed by atoms with Crippen LogP contribution in [0.15, 0.2) is 85.5 Å². The number of hydrogen-bond donors (Lipinski definition) is 13. The summed E-state index contributed by atoms with van der Waals surface area (Å²) >= 11 is 0. The van der Waals surface area contributed by atoms with Gasteiger partial charge in [0.2, 0.25) is 0 Å². The van der Waals surface area contributed by atoms with E-state index in [0.29, 0.717) is 45.3 Å². The molecule has 0 bridgehead atoms. The van der Waals surface area contributed by atoms with E-state index in [0.717, 1.165) is 7.11 Å². The number of carbonyl (C=O) groups is 4. The van der Waals surface area contributed by atoms with Gasteiger partial charge in [-0.05, 0) is 78.6 Å². The second-order valence-corrected chi connectivity index (χ2v) is 15.3. The normalized spacial score (nSPS) is 16.1. The number of nitrogen functional groups attached to an aromatic ring is 1. The van der Waals surface area contributed by atoms with Gasteiger partial charge < -0.3 is 76.3 Å². The molecule has 6 heterocycles. The third kappa shape index (κ3) is 16.6. The minimum absolute atomic E-state index is 0.0934. The molecule has 6 aromatic rings. The Morgan fingerprint density at radius 2 is 1.19 bits per heavy atom. The molecule has 1 saturated heterocycles. The first-order valence-electron chi connectivity index (χ1n) is 21.1. The largest absolute Gasteiger partial charge is 0.480 e. The van der Waals surface area contributed by atoms with E-state index in [1.165, 1.54) is 58.1 Å². The number of aliphatic carboxylic acids is 4. The zero-order valence-corrected chi connectivity index (χ0v) is 40.8. The molecule has 14 N–H and O–H groups in total. The van der Waals surface area contributed by atoms with Crippen LogP contribution in [0, 0.1) is 0 Å². The van der Waals surface area contributed by atoms with Gasteiger partial charge in [-0.3, -0.25) is 33.5 Å². The van der Waals surface area contributed by atoms with Crippen LogP contribution in [0.25, 0.3) is 45.1 Å². The van der Waals surface area contributed by atoms with Crippen molar-refractivity contribution in [2.75, 3.05) is 50.9 Å². The summed E-state index contributed by atoms with van der Waals surface area (Å²) in [6.45, 7) is -3.06. The van der Waals surface area contributed by atoms with Crippen LogP contribution < -0.4 is 11.1 Å². The van der Waals surface area contributed by atoms with Crippen LogP contribution >= 0.6 is 18.9 Å². The number of ether oxygens (including phenoxy) is 2. The fourth-order valence-electron chi connectivity index (χ4n) is 7.26. The summed E-state index contributed by atoms with van der Waals surface area (Å²) in [5.41, 5.74) is 9.60. The average molecular weight is 1060 g/mol. The van der Waals surface area contributed by atoms with Crippen LogP contribution in [0.1, 0.15) is 17.6 Å². The zero-order chi connectivity index (χ0) is 54.0. The van der Waals surface area contributed by atoms with Gasteiger partial charge in [0.15, 0.2) is 17.7 Å². The molecule has 392 valence electrons. The van der Waals surface area contributed by atoms with Crippen molar-refractivity contribution in [3.63, 3.8) is 0 Å². The average Bonchev–Trinajstić information content (AvgIpc) is 3.92. The summed E-state index contributed by atoms with van der Waals surface area (Å²) in [6.07, 6.45) is -5.92. The molecule has 30 heteroatoms. The lowest BCUT2D eigenvalue weighted by molar-refractivity contribution is -0.325. The summed E-state index contributed by atoms with van der Waals surface area (Å²) in [5, 5.41) is 90.0. The van der Waals surface area contributed by atoms with Gasteiger partial charge in [0.1, 0.15) is 30.2 Å². The molecule has 1 aromatic carbocycles. The number of aliphatic hydroxyl groups excluding tert-OH is 3. The summed E-state index contributed by atoms with van der Waals surface area (Å²) in [4.78, 5) is 88.4. The van der Waals surface area contributed by atoms with Crippen LogP contribution in [-0.4, -0.2) is 188 Å². The van der Waals surface area contributed by atoms with Crippen LogP contribution in [0.3, 0.4) is 0 Å². The number of nitrogens with zero attached hydrogens (tertiary/aromatic N) is 9. The highest BCUT2D eigenvalue weighted by Gasteiger charge is 2.45. The number of aliphatic hydroxyl groups is 5. The van der Waals surface area contributed by atoms with Crippen molar-refractivity contribution < 1.29 is 84.4 Å². The number of rotatable bonds is 21. The van der Waals surface area contributed by atoms with Gasteiger partial charge >= 0.3 is 30.0 Å². The molecule has 28 nitrogen and oxygen atoms in total. The summed E-state index contributed by atoms with van der Waals surface area (Å²) < 4.78 is 12.5. The number of aromatic nitrogens is 7. The maximum Gasteiger partial charge on any atom is 0.369 e.